The minimum Gasteiger partial charge on any atom is -0.494 e. The molecule has 1 aliphatic carbocycles. The highest BCUT2D eigenvalue weighted by molar-refractivity contribution is 5.66. The molecule has 0 saturated heterocycles. The monoisotopic (exact) mass is 319 g/mol. The van der Waals surface area contributed by atoms with Gasteiger partial charge in [0.2, 0.25) is 0 Å². The minimum atomic E-state index is -0.771. The normalized spacial score (nSPS) is 15.5. The summed E-state index contributed by atoms with van der Waals surface area (Å²) in [6.45, 7) is 1.95. The summed E-state index contributed by atoms with van der Waals surface area (Å²) in [6, 6.07) is 8.04. The zero-order valence-electron chi connectivity index (χ0n) is 13.9. The van der Waals surface area contributed by atoms with Gasteiger partial charge in [-0.15, -0.1) is 0 Å². The first-order valence-corrected chi connectivity index (χ1v) is 8.88. The summed E-state index contributed by atoms with van der Waals surface area (Å²) in [5.74, 6) is 1.05. The van der Waals surface area contributed by atoms with Gasteiger partial charge in [-0.1, -0.05) is 44.2 Å². The van der Waals surface area contributed by atoms with Gasteiger partial charge in [0.1, 0.15) is 5.75 Å². The summed E-state index contributed by atoms with van der Waals surface area (Å²) in [5, 5.41) is 11.7. The van der Waals surface area contributed by atoms with Crippen molar-refractivity contribution in [1.29, 1.82) is 0 Å². The first-order valence-electron chi connectivity index (χ1n) is 8.88. The van der Waals surface area contributed by atoms with Crippen molar-refractivity contribution in [2.75, 3.05) is 13.2 Å². The van der Waals surface area contributed by atoms with Crippen LogP contribution in [0.1, 0.15) is 56.9 Å². The molecule has 2 N–H and O–H groups in total. The molecule has 1 aromatic carbocycles. The number of ether oxygens (including phenoxy) is 1. The molecule has 0 unspecified atom stereocenters. The highest BCUT2D eigenvalue weighted by Crippen LogP contribution is 2.27. The van der Waals surface area contributed by atoms with Crippen LogP contribution in [-0.2, 0) is 11.3 Å². The maximum absolute atomic E-state index is 10.5. The van der Waals surface area contributed by atoms with Gasteiger partial charge in [0, 0.05) is 13.1 Å². The van der Waals surface area contributed by atoms with E-state index in [1.165, 1.54) is 38.5 Å². The fraction of sp³-hybridized carbons (Fsp3) is 0.632. The fourth-order valence-electron chi connectivity index (χ4n) is 3.21. The molecule has 0 heterocycles. The molecule has 23 heavy (non-hydrogen) atoms. The Labute approximate surface area is 139 Å². The van der Waals surface area contributed by atoms with Crippen molar-refractivity contribution in [2.45, 2.75) is 57.9 Å². The Balaban J connectivity index is 1.62. The molecule has 0 amide bonds. The van der Waals surface area contributed by atoms with E-state index < -0.39 is 5.97 Å². The SMILES string of the molecule is O=C(O)CCNCc1cccc(OCCCC2CCCCC2)c1. The molecule has 4 nitrogen and oxygen atoms in total. The number of hydrogen-bond acceptors (Lipinski definition) is 3. The molecule has 0 radical (unpaired) electrons. The standard InChI is InChI=1S/C19H29NO3/c21-19(22)11-12-20-15-17-8-4-10-18(14-17)23-13-5-9-16-6-2-1-3-7-16/h4,8,10,14,16,20H,1-3,5-7,9,11-13,15H2,(H,21,22). The third-order valence-corrected chi connectivity index (χ3v) is 4.49. The Hall–Kier alpha value is -1.55. The van der Waals surface area contributed by atoms with Crippen LogP contribution in [0.2, 0.25) is 0 Å². The highest BCUT2D eigenvalue weighted by Gasteiger charge is 2.12. The molecule has 128 valence electrons. The number of hydrogen-bond donors (Lipinski definition) is 2. The smallest absolute Gasteiger partial charge is 0.304 e. The van der Waals surface area contributed by atoms with E-state index in [0.29, 0.717) is 13.1 Å². The molecule has 0 spiro atoms. The van der Waals surface area contributed by atoms with E-state index in [1.54, 1.807) is 0 Å². The molecule has 0 aromatic heterocycles. The molecule has 0 aliphatic heterocycles. The quantitative estimate of drug-likeness (QED) is 0.640. The van der Waals surface area contributed by atoms with E-state index in [4.69, 9.17) is 9.84 Å². The van der Waals surface area contributed by atoms with Gasteiger partial charge >= 0.3 is 5.97 Å². The van der Waals surface area contributed by atoms with Crippen LogP contribution >= 0.6 is 0 Å². The van der Waals surface area contributed by atoms with Crippen molar-refractivity contribution in [2.24, 2.45) is 5.92 Å². The van der Waals surface area contributed by atoms with Crippen LogP contribution in [0.15, 0.2) is 24.3 Å². The Kier molecular flexibility index (Phi) is 7.95. The fourth-order valence-corrected chi connectivity index (χ4v) is 3.21. The van der Waals surface area contributed by atoms with Crippen LogP contribution in [0.5, 0.6) is 5.75 Å². The molecular weight excluding hydrogens is 290 g/mol. The topological polar surface area (TPSA) is 58.6 Å². The van der Waals surface area contributed by atoms with Crippen molar-refractivity contribution in [3.8, 4) is 5.75 Å². The van der Waals surface area contributed by atoms with Gasteiger partial charge in [-0.05, 0) is 36.5 Å². The third kappa shape index (κ3) is 7.51. The van der Waals surface area contributed by atoms with Crippen LogP contribution in [0.3, 0.4) is 0 Å². The summed E-state index contributed by atoms with van der Waals surface area (Å²) in [7, 11) is 0. The predicted molar refractivity (Wildman–Crippen MR) is 91.7 cm³/mol. The summed E-state index contributed by atoms with van der Waals surface area (Å²) in [6.07, 6.45) is 9.60. The number of carbonyl (C=O) groups is 1. The van der Waals surface area contributed by atoms with Gasteiger partial charge in [0.05, 0.1) is 13.0 Å². The molecule has 1 aliphatic rings. The predicted octanol–water partition coefficient (Wildman–Crippen LogP) is 3.99. The van der Waals surface area contributed by atoms with Crippen molar-refractivity contribution < 1.29 is 14.6 Å². The summed E-state index contributed by atoms with van der Waals surface area (Å²) in [4.78, 5) is 10.5. The Morgan fingerprint density at radius 2 is 2.09 bits per heavy atom. The van der Waals surface area contributed by atoms with Gasteiger partial charge in [-0.3, -0.25) is 4.79 Å². The second kappa shape index (κ2) is 10.3. The van der Waals surface area contributed by atoms with E-state index in [9.17, 15) is 4.79 Å². The molecule has 4 heteroatoms. The number of benzene rings is 1. The van der Waals surface area contributed by atoms with Crippen molar-refractivity contribution in [1.82, 2.24) is 5.32 Å². The zero-order chi connectivity index (χ0) is 16.3. The lowest BCUT2D eigenvalue weighted by Gasteiger charge is -2.21. The zero-order valence-corrected chi connectivity index (χ0v) is 13.9. The van der Waals surface area contributed by atoms with Gasteiger partial charge in [0.15, 0.2) is 0 Å². The van der Waals surface area contributed by atoms with E-state index in [2.05, 4.69) is 5.32 Å². The number of rotatable bonds is 10. The van der Waals surface area contributed by atoms with Crippen molar-refractivity contribution in [3.05, 3.63) is 29.8 Å². The average Bonchev–Trinajstić information content (AvgIpc) is 2.57. The average molecular weight is 319 g/mol. The molecule has 0 atom stereocenters. The Morgan fingerprint density at radius 3 is 2.87 bits per heavy atom. The van der Waals surface area contributed by atoms with Crippen LogP contribution in [-0.4, -0.2) is 24.2 Å². The summed E-state index contributed by atoms with van der Waals surface area (Å²) in [5.41, 5.74) is 1.13. The minimum absolute atomic E-state index is 0.150. The van der Waals surface area contributed by atoms with Gasteiger partial charge < -0.3 is 15.2 Å². The van der Waals surface area contributed by atoms with Crippen molar-refractivity contribution >= 4 is 5.97 Å². The van der Waals surface area contributed by atoms with E-state index >= 15 is 0 Å². The first kappa shape index (κ1) is 17.8. The first-order chi connectivity index (χ1) is 11.2. The van der Waals surface area contributed by atoms with Crippen LogP contribution in [0.4, 0.5) is 0 Å². The van der Waals surface area contributed by atoms with E-state index in [0.717, 1.165) is 30.3 Å². The molecule has 1 fully saturated rings. The second-order valence-electron chi connectivity index (χ2n) is 6.46. The Morgan fingerprint density at radius 1 is 1.26 bits per heavy atom. The summed E-state index contributed by atoms with van der Waals surface area (Å²) >= 11 is 0. The lowest BCUT2D eigenvalue weighted by Crippen LogP contribution is -2.17. The van der Waals surface area contributed by atoms with Crippen molar-refractivity contribution in [3.63, 3.8) is 0 Å². The Bertz CT molecular complexity index is 469. The molecule has 1 saturated carbocycles. The van der Waals surface area contributed by atoms with E-state index in [-0.39, 0.29) is 6.42 Å². The number of carboxylic acid groups (broad SMARTS) is 1. The maximum atomic E-state index is 10.5. The van der Waals surface area contributed by atoms with E-state index in [1.807, 2.05) is 24.3 Å². The number of nitrogens with one attached hydrogen (secondary N) is 1. The van der Waals surface area contributed by atoms with Gasteiger partial charge in [-0.25, -0.2) is 0 Å². The lowest BCUT2D eigenvalue weighted by molar-refractivity contribution is -0.136. The lowest BCUT2D eigenvalue weighted by atomic mass is 9.86. The van der Waals surface area contributed by atoms with Crippen LogP contribution in [0, 0.1) is 5.92 Å². The van der Waals surface area contributed by atoms with Crippen LogP contribution in [0.25, 0.3) is 0 Å². The van der Waals surface area contributed by atoms with Gasteiger partial charge in [-0.2, -0.15) is 0 Å². The van der Waals surface area contributed by atoms with Crippen LogP contribution < -0.4 is 10.1 Å². The molecular formula is C19H29NO3. The van der Waals surface area contributed by atoms with Gasteiger partial charge in [0.25, 0.3) is 0 Å². The number of aliphatic carboxylic acids is 1. The third-order valence-electron chi connectivity index (χ3n) is 4.49. The number of carboxylic acids is 1. The molecule has 0 bridgehead atoms. The molecule has 2 rings (SSSR count). The summed E-state index contributed by atoms with van der Waals surface area (Å²) < 4.78 is 5.86. The second-order valence-corrected chi connectivity index (χ2v) is 6.46. The maximum Gasteiger partial charge on any atom is 0.304 e. The highest BCUT2D eigenvalue weighted by atomic mass is 16.5. The largest absolute Gasteiger partial charge is 0.494 e. The molecule has 1 aromatic rings.